The van der Waals surface area contributed by atoms with E-state index in [4.69, 9.17) is 11.6 Å². The molecule has 4 nitrogen and oxygen atoms in total. The molecular formula is C23H26Cl2FN3O. The van der Waals surface area contributed by atoms with Crippen LogP contribution in [0.4, 0.5) is 10.1 Å². The fourth-order valence-corrected chi connectivity index (χ4v) is 5.64. The molecule has 2 aliphatic heterocycles. The maximum atomic E-state index is 14.4. The first-order chi connectivity index (χ1) is 14.1. The minimum atomic E-state index is -0.491. The summed E-state index contributed by atoms with van der Waals surface area (Å²) in [6.45, 7) is 2.18. The van der Waals surface area contributed by atoms with Gasteiger partial charge in [0.2, 0.25) is 5.91 Å². The van der Waals surface area contributed by atoms with E-state index in [9.17, 15) is 9.18 Å². The van der Waals surface area contributed by atoms with Crippen LogP contribution in [0.15, 0.2) is 42.5 Å². The van der Waals surface area contributed by atoms with Crippen LogP contribution in [0, 0.1) is 5.82 Å². The van der Waals surface area contributed by atoms with Crippen LogP contribution >= 0.6 is 24.0 Å². The molecule has 2 heterocycles. The number of nitrogens with one attached hydrogen (secondary N) is 1. The molecule has 7 heteroatoms. The fraction of sp³-hybridized carbons (Fsp3) is 0.435. The number of anilines is 1. The summed E-state index contributed by atoms with van der Waals surface area (Å²) < 4.78 is 14.4. The van der Waals surface area contributed by atoms with Crippen molar-refractivity contribution in [3.63, 3.8) is 0 Å². The molecule has 2 aromatic rings. The van der Waals surface area contributed by atoms with Crippen LogP contribution < -0.4 is 10.2 Å². The summed E-state index contributed by atoms with van der Waals surface area (Å²) >= 11 is 6.17. The van der Waals surface area contributed by atoms with Crippen molar-refractivity contribution in [1.82, 2.24) is 10.2 Å². The summed E-state index contributed by atoms with van der Waals surface area (Å²) in [6.07, 6.45) is 4.30. The molecule has 1 spiro atoms. The van der Waals surface area contributed by atoms with Crippen molar-refractivity contribution in [3.8, 4) is 0 Å². The Hall–Kier alpha value is -1.82. The van der Waals surface area contributed by atoms with Crippen LogP contribution in [0.1, 0.15) is 42.9 Å². The van der Waals surface area contributed by atoms with Gasteiger partial charge in [0, 0.05) is 29.8 Å². The summed E-state index contributed by atoms with van der Waals surface area (Å²) in [5.74, 6) is -0.0600. The minimum absolute atomic E-state index is 0. The van der Waals surface area contributed by atoms with E-state index in [0.717, 1.165) is 62.0 Å². The summed E-state index contributed by atoms with van der Waals surface area (Å²) in [6, 6.07) is 13.7. The molecule has 1 aliphatic carbocycles. The number of nitrogens with zero attached hydrogens (tertiary/aromatic N) is 2. The molecule has 5 rings (SSSR count). The van der Waals surface area contributed by atoms with E-state index in [-0.39, 0.29) is 30.2 Å². The van der Waals surface area contributed by atoms with Crippen molar-refractivity contribution >= 4 is 35.6 Å². The topological polar surface area (TPSA) is 35.6 Å². The van der Waals surface area contributed by atoms with Gasteiger partial charge in [0.05, 0.1) is 6.67 Å². The van der Waals surface area contributed by atoms with Gasteiger partial charge in [-0.25, -0.2) is 4.39 Å². The molecule has 0 aromatic heterocycles. The molecule has 2 fully saturated rings. The Morgan fingerprint density at radius 2 is 1.87 bits per heavy atom. The predicted molar refractivity (Wildman–Crippen MR) is 120 cm³/mol. The van der Waals surface area contributed by atoms with Crippen LogP contribution in [0.3, 0.4) is 0 Å². The average molecular weight is 450 g/mol. The number of hydrogen-bond donors (Lipinski definition) is 1. The lowest BCUT2D eigenvalue weighted by atomic mass is 9.81. The highest BCUT2D eigenvalue weighted by Crippen LogP contribution is 2.42. The molecule has 2 aromatic carbocycles. The van der Waals surface area contributed by atoms with Crippen molar-refractivity contribution in [3.05, 3.63) is 64.4 Å². The Morgan fingerprint density at radius 3 is 2.60 bits per heavy atom. The zero-order valence-corrected chi connectivity index (χ0v) is 18.3. The van der Waals surface area contributed by atoms with E-state index in [2.05, 4.69) is 27.2 Å². The van der Waals surface area contributed by atoms with Gasteiger partial charge in [-0.2, -0.15) is 0 Å². The zero-order valence-electron chi connectivity index (χ0n) is 16.7. The van der Waals surface area contributed by atoms with E-state index in [1.165, 1.54) is 6.07 Å². The fourth-order valence-electron chi connectivity index (χ4n) is 5.43. The first kappa shape index (κ1) is 21.4. The SMILES string of the molecule is Cl.O=C1NCN(c2ccccc2)C12CCN(C1CCCc3c(F)cc(Cl)cc31)CC2. The smallest absolute Gasteiger partial charge is 0.247 e. The van der Waals surface area contributed by atoms with Crippen LogP contribution in [-0.4, -0.2) is 36.1 Å². The third-order valence-corrected chi connectivity index (χ3v) is 7.15. The number of benzene rings is 2. The molecule has 0 radical (unpaired) electrons. The number of carbonyl (C=O) groups is 1. The van der Waals surface area contributed by atoms with Crippen LogP contribution in [-0.2, 0) is 11.2 Å². The Kier molecular flexibility index (Phi) is 5.97. The Bertz CT molecular complexity index is 932. The second kappa shape index (κ2) is 8.37. The van der Waals surface area contributed by atoms with Gasteiger partial charge >= 0.3 is 0 Å². The molecule has 1 atom stereocenters. The second-order valence-electron chi connectivity index (χ2n) is 8.36. The van der Waals surface area contributed by atoms with Gasteiger partial charge in [0.15, 0.2) is 0 Å². The van der Waals surface area contributed by atoms with Crippen LogP contribution in [0.5, 0.6) is 0 Å². The minimum Gasteiger partial charge on any atom is -0.339 e. The molecule has 1 N–H and O–H groups in total. The highest BCUT2D eigenvalue weighted by molar-refractivity contribution is 6.30. The molecule has 2 saturated heterocycles. The Labute approximate surface area is 187 Å². The monoisotopic (exact) mass is 449 g/mol. The van der Waals surface area contributed by atoms with Crippen molar-refractivity contribution < 1.29 is 9.18 Å². The number of rotatable bonds is 2. The third kappa shape index (κ3) is 3.47. The number of amides is 1. The van der Waals surface area contributed by atoms with Crippen LogP contribution in [0.25, 0.3) is 0 Å². The maximum Gasteiger partial charge on any atom is 0.247 e. The predicted octanol–water partition coefficient (Wildman–Crippen LogP) is 4.71. The van der Waals surface area contributed by atoms with Crippen LogP contribution in [0.2, 0.25) is 5.02 Å². The highest BCUT2D eigenvalue weighted by atomic mass is 35.5. The molecule has 0 saturated carbocycles. The molecule has 3 aliphatic rings. The van der Waals surface area contributed by atoms with Gasteiger partial charge < -0.3 is 10.2 Å². The van der Waals surface area contributed by atoms with Gasteiger partial charge in [-0.3, -0.25) is 9.69 Å². The number of piperidine rings is 1. The normalized spacial score (nSPS) is 23.1. The van der Waals surface area contributed by atoms with Gasteiger partial charge in [-0.15, -0.1) is 12.4 Å². The Morgan fingerprint density at radius 1 is 1.13 bits per heavy atom. The van der Waals surface area contributed by atoms with E-state index in [1.54, 1.807) is 0 Å². The molecule has 0 bridgehead atoms. The number of carbonyl (C=O) groups excluding carboxylic acids is 1. The Balaban J connectivity index is 0.00000218. The van der Waals surface area contributed by atoms with Gasteiger partial charge in [0.1, 0.15) is 11.4 Å². The average Bonchev–Trinajstić information content (AvgIpc) is 3.05. The van der Waals surface area contributed by atoms with Gasteiger partial charge in [-0.1, -0.05) is 29.8 Å². The van der Waals surface area contributed by atoms with E-state index >= 15 is 0 Å². The quantitative estimate of drug-likeness (QED) is 0.720. The molecule has 1 amide bonds. The lowest BCUT2D eigenvalue weighted by molar-refractivity contribution is -0.125. The number of para-hydroxylation sites is 1. The highest BCUT2D eigenvalue weighted by Gasteiger charge is 2.51. The lowest BCUT2D eigenvalue weighted by Crippen LogP contribution is -2.57. The van der Waals surface area contributed by atoms with E-state index < -0.39 is 5.54 Å². The molecule has 30 heavy (non-hydrogen) atoms. The van der Waals surface area contributed by atoms with Crippen molar-refractivity contribution in [2.24, 2.45) is 0 Å². The van der Waals surface area contributed by atoms with Gasteiger partial charge in [0.25, 0.3) is 0 Å². The number of halogens is 3. The maximum absolute atomic E-state index is 14.4. The standard InChI is InChI=1S/C23H25ClFN3O.ClH/c24-16-13-19-18(20(25)14-16)7-4-8-21(19)27-11-9-23(10-12-27)22(29)26-15-28(23)17-5-2-1-3-6-17;/h1-3,5-6,13-14,21H,4,7-12,15H2,(H,26,29);1H. The van der Waals surface area contributed by atoms with E-state index in [1.807, 2.05) is 24.3 Å². The number of likely N-dealkylation sites (tertiary alicyclic amines) is 1. The summed E-state index contributed by atoms with van der Waals surface area (Å²) in [5.41, 5.74) is 2.44. The third-order valence-electron chi connectivity index (χ3n) is 6.93. The molecule has 160 valence electrons. The van der Waals surface area contributed by atoms with Crippen molar-refractivity contribution in [1.29, 1.82) is 0 Å². The van der Waals surface area contributed by atoms with E-state index in [0.29, 0.717) is 11.7 Å². The van der Waals surface area contributed by atoms with Crippen molar-refractivity contribution in [2.75, 3.05) is 24.7 Å². The largest absolute Gasteiger partial charge is 0.339 e. The zero-order chi connectivity index (χ0) is 20.0. The summed E-state index contributed by atoms with van der Waals surface area (Å²) in [7, 11) is 0. The number of fused-ring (bicyclic) bond motifs is 1. The summed E-state index contributed by atoms with van der Waals surface area (Å²) in [5, 5.41) is 3.52. The van der Waals surface area contributed by atoms with Gasteiger partial charge in [-0.05, 0) is 67.5 Å². The number of hydrogen-bond acceptors (Lipinski definition) is 3. The van der Waals surface area contributed by atoms with Crippen molar-refractivity contribution in [2.45, 2.75) is 43.7 Å². The first-order valence-corrected chi connectivity index (χ1v) is 10.8. The molecular weight excluding hydrogens is 424 g/mol. The summed E-state index contributed by atoms with van der Waals surface area (Å²) in [4.78, 5) is 17.5. The molecule has 1 unspecified atom stereocenters. The first-order valence-electron chi connectivity index (χ1n) is 10.4. The second-order valence-corrected chi connectivity index (χ2v) is 8.80. The lowest BCUT2D eigenvalue weighted by Gasteiger charge is -2.46.